The average molecular weight is 345 g/mol. The molecular weight excluding hydrogens is 325 g/mol. The van der Waals surface area contributed by atoms with E-state index in [2.05, 4.69) is 34.8 Å². The quantitative estimate of drug-likeness (QED) is 0.588. The minimum Gasteiger partial charge on any atom is -0.352 e. The maximum absolute atomic E-state index is 11.8. The summed E-state index contributed by atoms with van der Waals surface area (Å²) in [6.07, 6.45) is 6.12. The van der Waals surface area contributed by atoms with Gasteiger partial charge in [-0.3, -0.25) is 4.79 Å². The van der Waals surface area contributed by atoms with E-state index in [0.717, 1.165) is 22.1 Å². The van der Waals surface area contributed by atoms with Crippen LogP contribution >= 0.6 is 22.6 Å². The molecule has 0 unspecified atom stereocenters. The van der Waals surface area contributed by atoms with E-state index in [9.17, 15) is 4.79 Å². The third-order valence-electron chi connectivity index (χ3n) is 2.65. The first-order valence-corrected chi connectivity index (χ1v) is 7.35. The molecule has 94 valence electrons. The van der Waals surface area contributed by atoms with E-state index >= 15 is 0 Å². The molecular formula is C14H20INO. The molecule has 0 atom stereocenters. The predicted octanol–water partition coefficient (Wildman–Crippen LogP) is 3.99. The van der Waals surface area contributed by atoms with Gasteiger partial charge in [-0.1, -0.05) is 38.7 Å². The fourth-order valence-electron chi connectivity index (χ4n) is 1.66. The highest BCUT2D eigenvalue weighted by Crippen LogP contribution is 2.07. The van der Waals surface area contributed by atoms with E-state index in [0.29, 0.717) is 0 Å². The highest BCUT2D eigenvalue weighted by Gasteiger charge is 2.04. The van der Waals surface area contributed by atoms with Gasteiger partial charge in [-0.05, 0) is 47.2 Å². The highest BCUT2D eigenvalue weighted by atomic mass is 127. The number of halogens is 1. The van der Waals surface area contributed by atoms with Gasteiger partial charge in [0.25, 0.3) is 5.91 Å². The van der Waals surface area contributed by atoms with Gasteiger partial charge in [-0.2, -0.15) is 0 Å². The molecule has 1 N–H and O–H groups in total. The Morgan fingerprint density at radius 2 is 2.00 bits per heavy atom. The minimum absolute atomic E-state index is 0.0407. The first-order valence-electron chi connectivity index (χ1n) is 6.28. The van der Waals surface area contributed by atoms with Crippen LogP contribution in [0.15, 0.2) is 24.3 Å². The number of benzene rings is 1. The summed E-state index contributed by atoms with van der Waals surface area (Å²) >= 11 is 2.22. The predicted molar refractivity (Wildman–Crippen MR) is 80.3 cm³/mol. The van der Waals surface area contributed by atoms with Crippen LogP contribution in [0, 0.1) is 3.57 Å². The summed E-state index contributed by atoms with van der Waals surface area (Å²) in [5.41, 5.74) is 0.755. The highest BCUT2D eigenvalue weighted by molar-refractivity contribution is 14.1. The maximum Gasteiger partial charge on any atom is 0.251 e. The number of rotatable bonds is 7. The van der Waals surface area contributed by atoms with Crippen LogP contribution in [-0.2, 0) is 0 Å². The second-order valence-electron chi connectivity index (χ2n) is 4.18. The molecule has 1 aromatic rings. The van der Waals surface area contributed by atoms with Crippen molar-refractivity contribution in [1.29, 1.82) is 0 Å². The normalized spacial score (nSPS) is 10.2. The van der Waals surface area contributed by atoms with Crippen LogP contribution in [0.3, 0.4) is 0 Å². The van der Waals surface area contributed by atoms with Crippen LogP contribution in [0.25, 0.3) is 0 Å². The Hall–Kier alpha value is -0.580. The molecule has 0 radical (unpaired) electrons. The van der Waals surface area contributed by atoms with Gasteiger partial charge in [0, 0.05) is 15.7 Å². The summed E-state index contributed by atoms with van der Waals surface area (Å²) in [6, 6.07) is 7.67. The molecule has 0 saturated carbocycles. The molecule has 1 aromatic carbocycles. The number of hydrogen-bond donors (Lipinski definition) is 1. The Kier molecular flexibility index (Phi) is 7.24. The lowest BCUT2D eigenvalue weighted by Crippen LogP contribution is -2.24. The van der Waals surface area contributed by atoms with Crippen molar-refractivity contribution >= 4 is 28.5 Å². The maximum atomic E-state index is 11.8. The third-order valence-corrected chi connectivity index (χ3v) is 3.32. The molecule has 1 rings (SSSR count). The molecule has 0 aliphatic rings. The zero-order valence-electron chi connectivity index (χ0n) is 10.3. The van der Waals surface area contributed by atoms with E-state index in [-0.39, 0.29) is 5.91 Å². The number of carbonyl (C=O) groups is 1. The van der Waals surface area contributed by atoms with Crippen LogP contribution in [0.5, 0.6) is 0 Å². The fraction of sp³-hybridized carbons (Fsp3) is 0.500. The zero-order chi connectivity index (χ0) is 12.5. The van der Waals surface area contributed by atoms with E-state index in [1.807, 2.05) is 24.3 Å². The van der Waals surface area contributed by atoms with E-state index < -0.39 is 0 Å². The molecule has 0 spiro atoms. The summed E-state index contributed by atoms with van der Waals surface area (Å²) in [7, 11) is 0. The van der Waals surface area contributed by atoms with Crippen molar-refractivity contribution < 1.29 is 4.79 Å². The van der Waals surface area contributed by atoms with Crippen LogP contribution in [0.2, 0.25) is 0 Å². The van der Waals surface area contributed by atoms with E-state index in [4.69, 9.17) is 0 Å². The smallest absolute Gasteiger partial charge is 0.251 e. The molecule has 17 heavy (non-hydrogen) atoms. The fourth-order valence-corrected chi connectivity index (χ4v) is 2.21. The Balaban J connectivity index is 2.21. The third kappa shape index (κ3) is 6.05. The monoisotopic (exact) mass is 345 g/mol. The van der Waals surface area contributed by atoms with Gasteiger partial charge < -0.3 is 5.32 Å². The van der Waals surface area contributed by atoms with Crippen LogP contribution < -0.4 is 5.32 Å². The van der Waals surface area contributed by atoms with Gasteiger partial charge in [-0.15, -0.1) is 0 Å². The average Bonchev–Trinajstić information content (AvgIpc) is 2.33. The second kappa shape index (κ2) is 8.50. The minimum atomic E-state index is 0.0407. The van der Waals surface area contributed by atoms with Crippen LogP contribution in [-0.4, -0.2) is 12.5 Å². The van der Waals surface area contributed by atoms with Crippen molar-refractivity contribution in [2.45, 2.75) is 39.0 Å². The molecule has 0 aromatic heterocycles. The molecule has 0 fully saturated rings. The summed E-state index contributed by atoms with van der Waals surface area (Å²) < 4.78 is 1.10. The SMILES string of the molecule is CCCCCCCNC(=O)c1cccc(I)c1. The standard InChI is InChI=1S/C14H20INO/c1-2-3-4-5-6-10-16-14(17)12-8-7-9-13(15)11-12/h7-9,11H,2-6,10H2,1H3,(H,16,17). The lowest BCUT2D eigenvalue weighted by atomic mass is 10.1. The lowest BCUT2D eigenvalue weighted by molar-refractivity contribution is 0.0953. The Bertz CT molecular complexity index is 352. The van der Waals surface area contributed by atoms with Crippen LogP contribution in [0.4, 0.5) is 0 Å². The molecule has 0 saturated heterocycles. The molecule has 3 heteroatoms. The number of unbranched alkanes of at least 4 members (excludes halogenated alkanes) is 4. The van der Waals surface area contributed by atoms with Crippen molar-refractivity contribution in [3.63, 3.8) is 0 Å². The Morgan fingerprint density at radius 1 is 1.24 bits per heavy atom. The molecule has 2 nitrogen and oxygen atoms in total. The van der Waals surface area contributed by atoms with E-state index in [1.54, 1.807) is 0 Å². The number of amides is 1. The molecule has 0 aliphatic carbocycles. The van der Waals surface area contributed by atoms with Crippen molar-refractivity contribution in [3.8, 4) is 0 Å². The number of carbonyl (C=O) groups excluding carboxylic acids is 1. The van der Waals surface area contributed by atoms with Gasteiger partial charge in [0.2, 0.25) is 0 Å². The summed E-state index contributed by atoms with van der Waals surface area (Å²) in [4.78, 5) is 11.8. The largest absolute Gasteiger partial charge is 0.352 e. The number of hydrogen-bond acceptors (Lipinski definition) is 1. The molecule has 0 bridgehead atoms. The summed E-state index contributed by atoms with van der Waals surface area (Å²) in [5, 5.41) is 2.96. The first-order chi connectivity index (χ1) is 8.24. The van der Waals surface area contributed by atoms with Crippen molar-refractivity contribution in [2.75, 3.05) is 6.54 Å². The van der Waals surface area contributed by atoms with Crippen molar-refractivity contribution in [1.82, 2.24) is 5.32 Å². The Morgan fingerprint density at radius 3 is 2.71 bits per heavy atom. The summed E-state index contributed by atoms with van der Waals surface area (Å²) in [5.74, 6) is 0.0407. The summed E-state index contributed by atoms with van der Waals surface area (Å²) in [6.45, 7) is 2.99. The van der Waals surface area contributed by atoms with Gasteiger partial charge in [-0.25, -0.2) is 0 Å². The lowest BCUT2D eigenvalue weighted by Gasteiger charge is -2.05. The van der Waals surface area contributed by atoms with Gasteiger partial charge in [0.15, 0.2) is 0 Å². The topological polar surface area (TPSA) is 29.1 Å². The second-order valence-corrected chi connectivity index (χ2v) is 5.43. The van der Waals surface area contributed by atoms with Crippen LogP contribution in [0.1, 0.15) is 49.4 Å². The van der Waals surface area contributed by atoms with Gasteiger partial charge in [0.1, 0.15) is 0 Å². The van der Waals surface area contributed by atoms with Gasteiger partial charge >= 0.3 is 0 Å². The van der Waals surface area contributed by atoms with Gasteiger partial charge in [0.05, 0.1) is 0 Å². The first kappa shape index (κ1) is 14.5. The van der Waals surface area contributed by atoms with Crippen molar-refractivity contribution in [3.05, 3.63) is 33.4 Å². The van der Waals surface area contributed by atoms with Crippen molar-refractivity contribution in [2.24, 2.45) is 0 Å². The van der Waals surface area contributed by atoms with E-state index in [1.165, 1.54) is 25.7 Å². The zero-order valence-corrected chi connectivity index (χ0v) is 12.5. The molecule has 0 heterocycles. The Labute approximate surface area is 117 Å². The molecule has 1 amide bonds. The number of nitrogens with one attached hydrogen (secondary N) is 1. The molecule has 0 aliphatic heterocycles.